The molecule has 8 nitrogen and oxygen atoms in total. The van der Waals surface area contributed by atoms with E-state index in [9.17, 15) is 15.1 Å². The highest BCUT2D eigenvalue weighted by atomic mass is 35.5. The number of carbonyl (C=O) groups excluding carboxylic acids is 1. The van der Waals surface area contributed by atoms with Crippen molar-refractivity contribution in [1.82, 2.24) is 4.57 Å². The van der Waals surface area contributed by atoms with Crippen molar-refractivity contribution in [3.8, 4) is 5.75 Å². The fraction of sp³-hybridized carbons (Fsp3) is 0.286. The summed E-state index contributed by atoms with van der Waals surface area (Å²) in [5.41, 5.74) is 2.77. The molecule has 3 aromatic rings. The molecule has 0 aliphatic heterocycles. The number of hydrogen-bond donors (Lipinski definition) is 3. The second-order valence-electron chi connectivity index (χ2n) is 6.75. The number of aromatic nitrogens is 1. The normalized spacial score (nSPS) is 11.0. The van der Waals surface area contributed by atoms with Crippen molar-refractivity contribution in [3.05, 3.63) is 57.9 Å². The number of esters is 1. The summed E-state index contributed by atoms with van der Waals surface area (Å²) in [6.07, 6.45) is 0.722. The molecule has 160 valence electrons. The Balaban J connectivity index is 1.75. The summed E-state index contributed by atoms with van der Waals surface area (Å²) < 4.78 is 7.21. The Morgan fingerprint density at radius 2 is 2.07 bits per heavy atom. The maximum absolute atomic E-state index is 12.4. The van der Waals surface area contributed by atoms with Gasteiger partial charge in [-0.1, -0.05) is 11.6 Å². The number of rotatable bonds is 8. The molecule has 0 saturated carbocycles. The first-order valence-electron chi connectivity index (χ1n) is 9.52. The maximum atomic E-state index is 12.4. The molecule has 0 aliphatic carbocycles. The predicted molar refractivity (Wildman–Crippen MR) is 116 cm³/mol. The van der Waals surface area contributed by atoms with Crippen LogP contribution in [0, 0.1) is 12.1 Å². The monoisotopic (exact) mass is 432 g/mol. The highest BCUT2D eigenvalue weighted by molar-refractivity contribution is 6.33. The first-order valence-corrected chi connectivity index (χ1v) is 9.89. The largest absolute Gasteiger partial charge is 0.733 e. The maximum Gasteiger partial charge on any atom is 0.340 e. The Labute approximate surface area is 178 Å². The zero-order chi connectivity index (χ0) is 21.8. The summed E-state index contributed by atoms with van der Waals surface area (Å²) in [4.78, 5) is 12.4. The summed E-state index contributed by atoms with van der Waals surface area (Å²) in [6, 6.07) is 9.41. The Kier molecular flexibility index (Phi) is 6.71. The lowest BCUT2D eigenvalue weighted by atomic mass is 10.1. The Bertz CT molecular complexity index is 1060. The van der Waals surface area contributed by atoms with Gasteiger partial charge in [0.05, 0.1) is 28.6 Å². The average Bonchev–Trinajstić information content (AvgIpc) is 2.96. The van der Waals surface area contributed by atoms with E-state index in [0.29, 0.717) is 34.7 Å². The van der Waals surface area contributed by atoms with Gasteiger partial charge < -0.3 is 30.2 Å². The third kappa shape index (κ3) is 4.46. The highest BCUT2D eigenvalue weighted by Crippen LogP contribution is 2.30. The van der Waals surface area contributed by atoms with Gasteiger partial charge in [0.25, 0.3) is 0 Å². The number of phenols is 1. The highest BCUT2D eigenvalue weighted by Gasteiger charge is 2.21. The number of phenolic OH excluding ortho intramolecular Hbond substituents is 1. The van der Waals surface area contributed by atoms with Crippen LogP contribution in [0.2, 0.25) is 5.02 Å². The van der Waals surface area contributed by atoms with Crippen LogP contribution in [-0.2, 0) is 11.3 Å². The van der Waals surface area contributed by atoms with E-state index in [0.717, 1.165) is 17.6 Å². The van der Waals surface area contributed by atoms with Crippen LogP contribution in [0.4, 0.5) is 11.4 Å². The second kappa shape index (κ2) is 9.25. The summed E-state index contributed by atoms with van der Waals surface area (Å²) in [5.74, 6) is -0.324. The van der Waals surface area contributed by atoms with Crippen LogP contribution in [0.5, 0.6) is 5.75 Å². The van der Waals surface area contributed by atoms with Crippen molar-refractivity contribution in [2.24, 2.45) is 0 Å². The number of ether oxygens (including phenoxy) is 1. The molecule has 0 unspecified atom stereocenters. The predicted octanol–water partition coefficient (Wildman–Crippen LogP) is 4.68. The van der Waals surface area contributed by atoms with Crippen LogP contribution in [0.1, 0.15) is 29.4 Å². The molecule has 0 bridgehead atoms. The zero-order valence-corrected chi connectivity index (χ0v) is 17.4. The molecule has 1 heterocycles. The van der Waals surface area contributed by atoms with E-state index in [2.05, 4.69) is 5.32 Å². The molecule has 2 aromatic carbocycles. The van der Waals surface area contributed by atoms with Crippen LogP contribution < -0.4 is 10.5 Å². The zero-order valence-electron chi connectivity index (χ0n) is 16.7. The van der Waals surface area contributed by atoms with Gasteiger partial charge in [-0.3, -0.25) is 5.21 Å². The quantitative estimate of drug-likeness (QED) is 0.269. The number of halogens is 1. The molecule has 0 amide bonds. The summed E-state index contributed by atoms with van der Waals surface area (Å²) in [5, 5.41) is 33.6. The smallest absolute Gasteiger partial charge is 0.340 e. The molecule has 9 heteroatoms. The molecule has 3 rings (SSSR count). The van der Waals surface area contributed by atoms with E-state index in [1.165, 1.54) is 12.1 Å². The summed E-state index contributed by atoms with van der Waals surface area (Å²) in [7, 11) is 0. The molecular weight excluding hydrogens is 410 g/mol. The third-order valence-electron chi connectivity index (χ3n) is 4.83. The Morgan fingerprint density at radius 1 is 1.30 bits per heavy atom. The van der Waals surface area contributed by atoms with E-state index < -0.39 is 5.97 Å². The fourth-order valence-electron chi connectivity index (χ4n) is 3.45. The molecular formula is C21H23ClN3O5-. The molecule has 0 fully saturated rings. The van der Waals surface area contributed by atoms with Gasteiger partial charge in [0, 0.05) is 29.7 Å². The first kappa shape index (κ1) is 21.8. The van der Waals surface area contributed by atoms with E-state index in [4.69, 9.17) is 21.5 Å². The summed E-state index contributed by atoms with van der Waals surface area (Å²) >= 11 is 6.14. The number of hydrogen-bond acceptors (Lipinski definition) is 7. The standard InChI is InChI=1S/C21H23ClN3O5/c1-3-30-21(27)20-13(2)24(19-8-6-15(26)12-16(19)20)10-4-9-23-18-7-5-14(25(28)29)11-17(18)22/h5-8,11-12,23,26,28H,3-4,9-10H2,1-2H3/q-1. The van der Waals surface area contributed by atoms with Gasteiger partial charge in [-0.15, -0.1) is 0 Å². The van der Waals surface area contributed by atoms with Crippen molar-refractivity contribution in [1.29, 1.82) is 0 Å². The van der Waals surface area contributed by atoms with E-state index in [-0.39, 0.29) is 23.3 Å². The van der Waals surface area contributed by atoms with Crippen molar-refractivity contribution < 1.29 is 19.8 Å². The number of aryl methyl sites for hydroxylation is 1. The number of carbonyl (C=O) groups is 1. The second-order valence-corrected chi connectivity index (χ2v) is 7.16. The van der Waals surface area contributed by atoms with Gasteiger partial charge in [-0.25, -0.2) is 4.79 Å². The van der Waals surface area contributed by atoms with Gasteiger partial charge in [-0.05, 0) is 56.7 Å². The third-order valence-corrected chi connectivity index (χ3v) is 5.15. The number of benzene rings is 2. The minimum atomic E-state index is -0.411. The molecule has 0 atom stereocenters. The topological polar surface area (TPSA) is 110 Å². The van der Waals surface area contributed by atoms with Crippen LogP contribution in [0.15, 0.2) is 36.4 Å². The van der Waals surface area contributed by atoms with E-state index in [1.807, 2.05) is 11.5 Å². The molecule has 0 spiro atoms. The number of fused-ring (bicyclic) bond motifs is 1. The number of nitrogens with zero attached hydrogens (tertiary/aromatic N) is 2. The van der Waals surface area contributed by atoms with Crippen LogP contribution in [0.3, 0.4) is 0 Å². The molecule has 30 heavy (non-hydrogen) atoms. The molecule has 0 saturated heterocycles. The van der Waals surface area contributed by atoms with Crippen molar-refractivity contribution in [3.63, 3.8) is 0 Å². The minimum Gasteiger partial charge on any atom is -0.733 e. The molecule has 0 radical (unpaired) electrons. The average molecular weight is 433 g/mol. The number of aromatic hydroxyl groups is 1. The van der Waals surface area contributed by atoms with Crippen molar-refractivity contribution in [2.45, 2.75) is 26.8 Å². The van der Waals surface area contributed by atoms with Crippen LogP contribution in [0.25, 0.3) is 10.9 Å². The fourth-order valence-corrected chi connectivity index (χ4v) is 3.69. The Hall–Kier alpha value is -2.94. The molecule has 1 aromatic heterocycles. The van der Waals surface area contributed by atoms with Gasteiger partial charge >= 0.3 is 5.97 Å². The first-order chi connectivity index (χ1) is 14.3. The van der Waals surface area contributed by atoms with Gasteiger partial charge in [-0.2, -0.15) is 0 Å². The van der Waals surface area contributed by atoms with Gasteiger partial charge in [0.15, 0.2) is 0 Å². The van der Waals surface area contributed by atoms with Crippen LogP contribution in [-0.4, -0.2) is 34.0 Å². The lowest BCUT2D eigenvalue weighted by Crippen LogP contribution is -2.10. The molecule has 0 aliphatic rings. The van der Waals surface area contributed by atoms with Gasteiger partial charge in [0.1, 0.15) is 5.75 Å². The molecule has 3 N–H and O–H groups in total. The summed E-state index contributed by atoms with van der Waals surface area (Å²) in [6.45, 7) is 5.09. The number of anilines is 2. The lowest BCUT2D eigenvalue weighted by Gasteiger charge is -2.22. The van der Waals surface area contributed by atoms with Crippen molar-refractivity contribution in [2.75, 3.05) is 23.7 Å². The van der Waals surface area contributed by atoms with Gasteiger partial charge in [0.2, 0.25) is 0 Å². The van der Waals surface area contributed by atoms with Crippen LogP contribution >= 0.6 is 11.6 Å². The lowest BCUT2D eigenvalue weighted by molar-refractivity contribution is 0.0527. The number of nitrogens with one attached hydrogen (secondary N) is 1. The minimum absolute atomic E-state index is 0.0507. The van der Waals surface area contributed by atoms with Crippen molar-refractivity contribution >= 4 is 39.8 Å². The Morgan fingerprint density at radius 3 is 2.73 bits per heavy atom. The SMILES string of the molecule is CCOC(=O)c1c(C)n(CCCNc2ccc(N([O-])O)cc2Cl)c2ccc(O)cc12. The van der Waals surface area contributed by atoms with E-state index in [1.54, 1.807) is 31.2 Å². The van der Waals surface area contributed by atoms with E-state index >= 15 is 0 Å².